The molecule has 0 amide bonds. The highest BCUT2D eigenvalue weighted by Gasteiger charge is 2.27. The van der Waals surface area contributed by atoms with E-state index in [2.05, 4.69) is 10.4 Å². The lowest BCUT2D eigenvalue weighted by molar-refractivity contribution is 0.360. The zero-order valence-electron chi connectivity index (χ0n) is 12.3. The molecule has 1 aliphatic heterocycles. The topological polar surface area (TPSA) is 76.5 Å². The molecule has 2 heterocycles. The highest BCUT2D eigenvalue weighted by atomic mass is 32.2. The molecule has 8 heteroatoms. The van der Waals surface area contributed by atoms with Gasteiger partial charge in [-0.3, -0.25) is 0 Å². The molecule has 3 rings (SSSR count). The van der Waals surface area contributed by atoms with Crippen LogP contribution in [0.2, 0.25) is 0 Å². The van der Waals surface area contributed by atoms with Gasteiger partial charge in [0.1, 0.15) is 16.3 Å². The largest absolute Gasteiger partial charge is 0.494 e. The van der Waals surface area contributed by atoms with Crippen molar-refractivity contribution in [2.45, 2.75) is 4.90 Å². The molecule has 0 aliphatic carbocycles. The Labute approximate surface area is 129 Å². The fourth-order valence-electron chi connectivity index (χ4n) is 2.42. The molecule has 1 fully saturated rings. The normalized spacial score (nSPS) is 16.6. The first-order valence-corrected chi connectivity index (χ1v) is 8.46. The number of para-hydroxylation sites is 2. The van der Waals surface area contributed by atoms with Gasteiger partial charge in [-0.15, -0.1) is 0 Å². The lowest BCUT2D eigenvalue weighted by Gasteiger charge is -2.25. The van der Waals surface area contributed by atoms with Crippen molar-refractivity contribution >= 4 is 10.0 Å². The number of hydrogen-bond acceptors (Lipinski definition) is 5. The van der Waals surface area contributed by atoms with Crippen LogP contribution in [0.15, 0.2) is 41.6 Å². The van der Waals surface area contributed by atoms with Gasteiger partial charge in [0.2, 0.25) is 10.0 Å². The first-order valence-electron chi connectivity index (χ1n) is 7.02. The number of rotatable bonds is 4. The first-order chi connectivity index (χ1) is 10.6. The van der Waals surface area contributed by atoms with E-state index in [4.69, 9.17) is 4.74 Å². The Morgan fingerprint density at radius 2 is 1.95 bits per heavy atom. The van der Waals surface area contributed by atoms with E-state index in [1.54, 1.807) is 7.11 Å². The second kappa shape index (κ2) is 6.07. The summed E-state index contributed by atoms with van der Waals surface area (Å²) in [7, 11) is -1.93. The minimum Gasteiger partial charge on any atom is -0.494 e. The Hall–Kier alpha value is -1.90. The van der Waals surface area contributed by atoms with Crippen LogP contribution >= 0.6 is 0 Å². The first kappa shape index (κ1) is 15.0. The molecule has 0 atom stereocenters. The maximum absolute atomic E-state index is 12.6. The number of piperazine rings is 1. The van der Waals surface area contributed by atoms with Crippen molar-refractivity contribution in [3.05, 3.63) is 36.7 Å². The molecule has 7 nitrogen and oxygen atoms in total. The molecular formula is C14H18N4O3S. The quantitative estimate of drug-likeness (QED) is 0.886. The number of aromatic nitrogens is 2. The summed E-state index contributed by atoms with van der Waals surface area (Å²) in [4.78, 5) is 0.195. The van der Waals surface area contributed by atoms with Crippen LogP contribution in [0.4, 0.5) is 0 Å². The van der Waals surface area contributed by atoms with E-state index in [0.29, 0.717) is 37.6 Å². The van der Waals surface area contributed by atoms with Gasteiger partial charge in [0.15, 0.2) is 0 Å². The fraction of sp³-hybridized carbons (Fsp3) is 0.357. The van der Waals surface area contributed by atoms with Gasteiger partial charge in [-0.05, 0) is 12.1 Å². The van der Waals surface area contributed by atoms with E-state index < -0.39 is 10.0 Å². The van der Waals surface area contributed by atoms with E-state index in [1.807, 2.05) is 24.3 Å². The predicted molar refractivity (Wildman–Crippen MR) is 81.7 cm³/mol. The van der Waals surface area contributed by atoms with Crippen LogP contribution in [0, 0.1) is 0 Å². The van der Waals surface area contributed by atoms with Crippen molar-refractivity contribution in [2.24, 2.45) is 0 Å². The van der Waals surface area contributed by atoms with Crippen molar-refractivity contribution in [1.82, 2.24) is 19.4 Å². The molecule has 1 N–H and O–H groups in total. The van der Waals surface area contributed by atoms with Crippen LogP contribution in [0.1, 0.15) is 0 Å². The van der Waals surface area contributed by atoms with Crippen LogP contribution in [0.5, 0.6) is 5.75 Å². The number of nitrogens with zero attached hydrogens (tertiary/aromatic N) is 3. The Morgan fingerprint density at radius 1 is 1.23 bits per heavy atom. The van der Waals surface area contributed by atoms with E-state index in [9.17, 15) is 8.42 Å². The average molecular weight is 322 g/mol. The monoisotopic (exact) mass is 322 g/mol. The van der Waals surface area contributed by atoms with E-state index in [0.717, 1.165) is 0 Å². The van der Waals surface area contributed by atoms with Crippen molar-refractivity contribution in [1.29, 1.82) is 0 Å². The third-order valence-electron chi connectivity index (χ3n) is 3.60. The van der Waals surface area contributed by atoms with Crippen molar-refractivity contribution < 1.29 is 13.2 Å². The summed E-state index contributed by atoms with van der Waals surface area (Å²) in [5.41, 5.74) is 0.701. The zero-order valence-corrected chi connectivity index (χ0v) is 13.1. The minimum atomic E-state index is -3.50. The van der Waals surface area contributed by atoms with Gasteiger partial charge in [0.05, 0.1) is 19.5 Å². The predicted octanol–water partition coefficient (Wildman–Crippen LogP) is 0.475. The number of methoxy groups -OCH3 is 1. The van der Waals surface area contributed by atoms with Crippen molar-refractivity contribution in [3.8, 4) is 11.4 Å². The second-order valence-corrected chi connectivity index (χ2v) is 6.88. The summed E-state index contributed by atoms with van der Waals surface area (Å²) in [6.07, 6.45) is 2.90. The molecule has 1 aromatic heterocycles. The Bertz CT molecular complexity index is 751. The molecule has 0 bridgehead atoms. The van der Waals surface area contributed by atoms with Gasteiger partial charge < -0.3 is 10.1 Å². The molecule has 118 valence electrons. The maximum atomic E-state index is 12.6. The summed E-state index contributed by atoms with van der Waals surface area (Å²) in [5.74, 6) is 0.636. The standard InChI is InChI=1S/C14H18N4O3S/c1-21-14-5-3-2-4-13(14)18-11-12(10-16-18)22(19,20)17-8-6-15-7-9-17/h2-5,10-11,15H,6-9H2,1H3. The summed E-state index contributed by atoms with van der Waals surface area (Å²) in [6, 6.07) is 7.34. The number of nitrogens with one attached hydrogen (secondary N) is 1. The fourth-order valence-corrected chi connectivity index (χ4v) is 3.80. The van der Waals surface area contributed by atoms with Crippen LogP contribution in [-0.2, 0) is 10.0 Å². The van der Waals surface area contributed by atoms with E-state index in [-0.39, 0.29) is 4.90 Å². The minimum absolute atomic E-state index is 0.195. The Morgan fingerprint density at radius 3 is 2.68 bits per heavy atom. The summed E-state index contributed by atoms with van der Waals surface area (Å²) >= 11 is 0. The van der Waals surface area contributed by atoms with Gasteiger partial charge in [-0.2, -0.15) is 9.40 Å². The summed E-state index contributed by atoms with van der Waals surface area (Å²) < 4.78 is 33.5. The Balaban J connectivity index is 1.93. The van der Waals surface area contributed by atoms with Crippen LogP contribution < -0.4 is 10.1 Å². The molecule has 0 spiro atoms. The van der Waals surface area contributed by atoms with Crippen molar-refractivity contribution in [2.75, 3.05) is 33.3 Å². The van der Waals surface area contributed by atoms with Crippen LogP contribution in [-0.4, -0.2) is 55.8 Å². The number of benzene rings is 1. The van der Waals surface area contributed by atoms with Gasteiger partial charge in [-0.25, -0.2) is 13.1 Å². The molecule has 1 saturated heterocycles. The third-order valence-corrected chi connectivity index (χ3v) is 5.46. The lowest BCUT2D eigenvalue weighted by Crippen LogP contribution is -2.46. The van der Waals surface area contributed by atoms with Gasteiger partial charge in [0, 0.05) is 26.2 Å². The molecule has 1 aliphatic rings. The Kier molecular flexibility index (Phi) is 4.14. The number of sulfonamides is 1. The molecular weight excluding hydrogens is 304 g/mol. The van der Waals surface area contributed by atoms with Gasteiger partial charge >= 0.3 is 0 Å². The summed E-state index contributed by atoms with van der Waals surface area (Å²) in [6.45, 7) is 2.28. The average Bonchev–Trinajstić information content (AvgIpc) is 3.06. The van der Waals surface area contributed by atoms with Gasteiger partial charge in [0.25, 0.3) is 0 Å². The highest BCUT2D eigenvalue weighted by molar-refractivity contribution is 7.89. The van der Waals surface area contributed by atoms with E-state index in [1.165, 1.54) is 21.4 Å². The number of ether oxygens (including phenoxy) is 1. The smallest absolute Gasteiger partial charge is 0.246 e. The molecule has 0 unspecified atom stereocenters. The molecule has 1 aromatic carbocycles. The molecule has 22 heavy (non-hydrogen) atoms. The second-order valence-electron chi connectivity index (χ2n) is 4.95. The van der Waals surface area contributed by atoms with E-state index >= 15 is 0 Å². The SMILES string of the molecule is COc1ccccc1-n1cc(S(=O)(=O)N2CCNCC2)cn1. The molecule has 0 saturated carbocycles. The number of hydrogen-bond donors (Lipinski definition) is 1. The van der Waals surface area contributed by atoms with Crippen LogP contribution in [0.25, 0.3) is 5.69 Å². The maximum Gasteiger partial charge on any atom is 0.246 e. The highest BCUT2D eigenvalue weighted by Crippen LogP contribution is 2.23. The molecule has 0 radical (unpaired) electrons. The zero-order chi connectivity index (χ0) is 15.6. The van der Waals surface area contributed by atoms with Crippen molar-refractivity contribution in [3.63, 3.8) is 0 Å². The third kappa shape index (κ3) is 2.72. The van der Waals surface area contributed by atoms with Crippen LogP contribution in [0.3, 0.4) is 0 Å². The molecule has 2 aromatic rings. The lowest BCUT2D eigenvalue weighted by atomic mass is 10.3. The van der Waals surface area contributed by atoms with Gasteiger partial charge in [-0.1, -0.05) is 12.1 Å². The summed E-state index contributed by atoms with van der Waals surface area (Å²) in [5, 5.41) is 7.31.